The second kappa shape index (κ2) is 6.17. The molecule has 1 saturated heterocycles. The largest absolute Gasteiger partial charge is 0.381 e. The molecule has 0 amide bonds. The third-order valence-electron chi connectivity index (χ3n) is 3.71. The molecule has 0 radical (unpaired) electrons. The molecular formula is C15H16Cl2N2O. The summed E-state index contributed by atoms with van der Waals surface area (Å²) in [5.74, 6) is 1.52. The Morgan fingerprint density at radius 1 is 1.35 bits per heavy atom. The Balaban J connectivity index is 1.80. The standard InChI is InChI=1S/C15H16Cl2N2O/c16-13-3-1-2-12(14(13)17)15-18-6-8-19(15)7-4-11-5-9-20-10-11/h1-3,6,8,11H,4-5,7,9-10H2/t11-/m1/s1. The van der Waals surface area contributed by atoms with Crippen LogP contribution in [0.1, 0.15) is 12.8 Å². The van der Waals surface area contributed by atoms with Gasteiger partial charge >= 0.3 is 0 Å². The Morgan fingerprint density at radius 3 is 3.05 bits per heavy atom. The number of imidazole rings is 1. The number of aromatic nitrogens is 2. The smallest absolute Gasteiger partial charge is 0.141 e. The number of aryl methyl sites for hydroxylation is 1. The molecular weight excluding hydrogens is 295 g/mol. The molecule has 0 N–H and O–H groups in total. The van der Waals surface area contributed by atoms with Crippen molar-refractivity contribution in [3.05, 3.63) is 40.6 Å². The molecule has 2 aromatic rings. The SMILES string of the molecule is Clc1cccc(-c2nccn2CC[C@@H]2CCOC2)c1Cl. The highest BCUT2D eigenvalue weighted by atomic mass is 35.5. The van der Waals surface area contributed by atoms with E-state index in [2.05, 4.69) is 9.55 Å². The van der Waals surface area contributed by atoms with Gasteiger partial charge in [0.2, 0.25) is 0 Å². The number of nitrogens with zero attached hydrogens (tertiary/aromatic N) is 2. The molecule has 3 rings (SSSR count). The third kappa shape index (κ3) is 2.85. The van der Waals surface area contributed by atoms with Crippen molar-refractivity contribution in [1.29, 1.82) is 0 Å². The molecule has 1 aromatic carbocycles. The molecule has 1 aliphatic rings. The molecule has 1 fully saturated rings. The van der Waals surface area contributed by atoms with E-state index in [1.807, 2.05) is 18.3 Å². The van der Waals surface area contributed by atoms with E-state index in [0.29, 0.717) is 16.0 Å². The van der Waals surface area contributed by atoms with Gasteiger partial charge in [0.05, 0.1) is 10.0 Å². The second-order valence-corrected chi connectivity index (χ2v) is 5.85. The maximum absolute atomic E-state index is 6.28. The normalized spacial score (nSPS) is 18.6. The van der Waals surface area contributed by atoms with Crippen molar-refractivity contribution in [2.24, 2.45) is 5.92 Å². The zero-order chi connectivity index (χ0) is 13.9. The highest BCUT2D eigenvalue weighted by molar-refractivity contribution is 6.43. The topological polar surface area (TPSA) is 27.1 Å². The second-order valence-electron chi connectivity index (χ2n) is 5.06. The van der Waals surface area contributed by atoms with Crippen LogP contribution in [0.3, 0.4) is 0 Å². The summed E-state index contributed by atoms with van der Waals surface area (Å²) in [4.78, 5) is 4.42. The molecule has 1 aromatic heterocycles. The Bertz CT molecular complexity index is 591. The van der Waals surface area contributed by atoms with Gasteiger partial charge in [-0.3, -0.25) is 0 Å². The summed E-state index contributed by atoms with van der Waals surface area (Å²) < 4.78 is 7.55. The van der Waals surface area contributed by atoms with Gasteiger partial charge in [-0.15, -0.1) is 0 Å². The molecule has 1 aliphatic heterocycles. The lowest BCUT2D eigenvalue weighted by atomic mass is 10.1. The van der Waals surface area contributed by atoms with Crippen LogP contribution in [0.25, 0.3) is 11.4 Å². The zero-order valence-electron chi connectivity index (χ0n) is 11.1. The van der Waals surface area contributed by atoms with E-state index in [1.54, 1.807) is 12.3 Å². The van der Waals surface area contributed by atoms with Crippen LogP contribution in [0.2, 0.25) is 10.0 Å². The highest BCUT2D eigenvalue weighted by Gasteiger charge is 2.17. The van der Waals surface area contributed by atoms with Gasteiger partial charge in [0.25, 0.3) is 0 Å². The van der Waals surface area contributed by atoms with Crippen molar-refractivity contribution in [3.8, 4) is 11.4 Å². The summed E-state index contributed by atoms with van der Waals surface area (Å²) in [6.45, 7) is 2.69. The molecule has 5 heteroatoms. The van der Waals surface area contributed by atoms with Crippen molar-refractivity contribution in [2.75, 3.05) is 13.2 Å². The first-order valence-electron chi connectivity index (χ1n) is 6.79. The lowest BCUT2D eigenvalue weighted by molar-refractivity contribution is 0.183. The van der Waals surface area contributed by atoms with Crippen LogP contribution in [0.15, 0.2) is 30.6 Å². The van der Waals surface area contributed by atoms with Crippen LogP contribution >= 0.6 is 23.2 Å². The fourth-order valence-electron chi connectivity index (χ4n) is 2.54. The minimum atomic E-state index is 0.558. The maximum atomic E-state index is 6.28. The molecule has 0 unspecified atom stereocenters. The summed E-state index contributed by atoms with van der Waals surface area (Å²) in [6.07, 6.45) is 6.05. The van der Waals surface area contributed by atoms with Crippen LogP contribution in [-0.2, 0) is 11.3 Å². The lowest BCUT2D eigenvalue weighted by Crippen LogP contribution is -2.07. The van der Waals surface area contributed by atoms with Gasteiger partial charge in [0, 0.05) is 37.7 Å². The van der Waals surface area contributed by atoms with E-state index >= 15 is 0 Å². The van der Waals surface area contributed by atoms with E-state index in [4.69, 9.17) is 27.9 Å². The van der Waals surface area contributed by atoms with E-state index < -0.39 is 0 Å². The van der Waals surface area contributed by atoms with Gasteiger partial charge in [-0.2, -0.15) is 0 Å². The van der Waals surface area contributed by atoms with E-state index in [1.165, 1.54) is 0 Å². The predicted molar refractivity (Wildman–Crippen MR) is 81.2 cm³/mol. The molecule has 106 valence electrons. The molecule has 0 saturated carbocycles. The molecule has 3 nitrogen and oxygen atoms in total. The minimum absolute atomic E-state index is 0.558. The summed E-state index contributed by atoms with van der Waals surface area (Å²) in [6, 6.07) is 5.63. The fourth-order valence-corrected chi connectivity index (χ4v) is 2.93. The third-order valence-corrected chi connectivity index (χ3v) is 4.53. The first kappa shape index (κ1) is 13.9. The van der Waals surface area contributed by atoms with Gasteiger partial charge in [-0.1, -0.05) is 29.3 Å². The molecule has 0 spiro atoms. The van der Waals surface area contributed by atoms with Gasteiger partial charge in [0.15, 0.2) is 0 Å². The number of halogens is 2. The van der Waals surface area contributed by atoms with Crippen LogP contribution in [0.5, 0.6) is 0 Å². The van der Waals surface area contributed by atoms with Gasteiger partial charge < -0.3 is 9.30 Å². The average molecular weight is 311 g/mol. The Hall–Kier alpha value is -1.03. The number of ether oxygens (including phenoxy) is 1. The Labute approximate surface area is 128 Å². The van der Waals surface area contributed by atoms with Crippen molar-refractivity contribution >= 4 is 23.2 Å². The molecule has 0 aliphatic carbocycles. The van der Waals surface area contributed by atoms with Crippen LogP contribution in [-0.4, -0.2) is 22.8 Å². The summed E-state index contributed by atoms with van der Waals surface area (Å²) in [5.41, 5.74) is 0.881. The Kier molecular flexibility index (Phi) is 4.29. The maximum Gasteiger partial charge on any atom is 0.141 e. The van der Waals surface area contributed by atoms with Crippen LogP contribution in [0, 0.1) is 5.92 Å². The van der Waals surface area contributed by atoms with E-state index in [0.717, 1.165) is 44.0 Å². The van der Waals surface area contributed by atoms with Gasteiger partial charge in [-0.05, 0) is 30.9 Å². The average Bonchev–Trinajstić information content (AvgIpc) is 3.10. The van der Waals surface area contributed by atoms with E-state index in [-0.39, 0.29) is 0 Å². The monoisotopic (exact) mass is 310 g/mol. The summed E-state index contributed by atoms with van der Waals surface area (Å²) in [7, 11) is 0. The van der Waals surface area contributed by atoms with Crippen LogP contribution < -0.4 is 0 Å². The van der Waals surface area contributed by atoms with Crippen molar-refractivity contribution in [2.45, 2.75) is 19.4 Å². The number of rotatable bonds is 4. The lowest BCUT2D eigenvalue weighted by Gasteiger charge is -2.12. The van der Waals surface area contributed by atoms with Gasteiger partial charge in [-0.25, -0.2) is 4.98 Å². The molecule has 20 heavy (non-hydrogen) atoms. The molecule has 2 heterocycles. The first-order valence-corrected chi connectivity index (χ1v) is 7.54. The quantitative estimate of drug-likeness (QED) is 0.842. The van der Waals surface area contributed by atoms with Crippen molar-refractivity contribution in [3.63, 3.8) is 0 Å². The van der Waals surface area contributed by atoms with Crippen molar-refractivity contribution in [1.82, 2.24) is 9.55 Å². The first-order chi connectivity index (χ1) is 9.75. The number of hydrogen-bond donors (Lipinski definition) is 0. The summed E-state index contributed by atoms with van der Waals surface area (Å²) in [5, 5.41) is 1.12. The fraction of sp³-hybridized carbons (Fsp3) is 0.400. The predicted octanol–water partition coefficient (Wildman–Crippen LogP) is 4.28. The van der Waals surface area contributed by atoms with E-state index in [9.17, 15) is 0 Å². The van der Waals surface area contributed by atoms with Gasteiger partial charge in [0.1, 0.15) is 5.82 Å². The van der Waals surface area contributed by atoms with Crippen LogP contribution in [0.4, 0.5) is 0 Å². The number of hydrogen-bond acceptors (Lipinski definition) is 2. The zero-order valence-corrected chi connectivity index (χ0v) is 12.6. The molecule has 1 atom stereocenters. The molecule has 0 bridgehead atoms. The van der Waals surface area contributed by atoms with Crippen molar-refractivity contribution < 1.29 is 4.74 Å². The minimum Gasteiger partial charge on any atom is -0.381 e. The highest BCUT2D eigenvalue weighted by Crippen LogP contribution is 2.32. The Morgan fingerprint density at radius 2 is 2.25 bits per heavy atom. The number of benzene rings is 1. The summed E-state index contributed by atoms with van der Waals surface area (Å²) >= 11 is 12.4.